The number of nitrogens with one attached hydrogen (secondary N) is 1. The Morgan fingerprint density at radius 1 is 1.31 bits per heavy atom. The van der Waals surface area contributed by atoms with Crippen LogP contribution < -0.4 is 11.1 Å². The van der Waals surface area contributed by atoms with Crippen LogP contribution in [0.15, 0.2) is 42.5 Å². The van der Waals surface area contributed by atoms with Crippen LogP contribution in [0.25, 0.3) is 0 Å². The predicted octanol–water partition coefficient (Wildman–Crippen LogP) is 3.77. The molecule has 0 spiro atoms. The van der Waals surface area contributed by atoms with Crippen molar-refractivity contribution < 1.29 is 14.7 Å². The second-order valence-corrected chi connectivity index (χ2v) is 8.43. The van der Waals surface area contributed by atoms with Crippen molar-refractivity contribution >= 4 is 17.3 Å². The average molecular weight is 444 g/mol. The van der Waals surface area contributed by atoms with Gasteiger partial charge in [-0.15, -0.1) is 6.58 Å². The molecule has 3 rings (SSSR count). The van der Waals surface area contributed by atoms with Gasteiger partial charge in [-0.2, -0.15) is 0 Å². The van der Waals surface area contributed by atoms with E-state index >= 15 is 0 Å². The fraction of sp³-hybridized carbons (Fsp3) is 0.538. The van der Waals surface area contributed by atoms with Crippen molar-refractivity contribution in [2.45, 2.75) is 65.5 Å². The summed E-state index contributed by atoms with van der Waals surface area (Å²) in [4.78, 5) is 23.9. The highest BCUT2D eigenvalue weighted by molar-refractivity contribution is 5.92. The number of hydrogen-bond donors (Lipinski definition) is 3. The highest BCUT2D eigenvalue weighted by atomic mass is 16.3. The van der Waals surface area contributed by atoms with E-state index in [-0.39, 0.29) is 18.2 Å². The Hall–Kier alpha value is -2.28. The minimum Gasteiger partial charge on any atom is -0.392 e. The molecule has 1 heterocycles. The van der Waals surface area contributed by atoms with Gasteiger partial charge in [-0.3, -0.25) is 14.5 Å². The van der Waals surface area contributed by atoms with Crippen molar-refractivity contribution in [1.29, 1.82) is 0 Å². The number of carbonyl (C=O) groups is 2. The third-order valence-electron chi connectivity index (χ3n) is 5.35. The summed E-state index contributed by atoms with van der Waals surface area (Å²) in [6.07, 6.45) is 8.09. The molecule has 0 saturated carbocycles. The van der Waals surface area contributed by atoms with Crippen LogP contribution >= 0.6 is 0 Å². The molecule has 1 fully saturated rings. The van der Waals surface area contributed by atoms with Crippen molar-refractivity contribution in [1.82, 2.24) is 4.90 Å². The molecule has 6 heteroatoms. The van der Waals surface area contributed by atoms with Crippen LogP contribution in [0.3, 0.4) is 0 Å². The van der Waals surface area contributed by atoms with Gasteiger partial charge in [-0.25, -0.2) is 0 Å². The quantitative estimate of drug-likeness (QED) is 0.555. The Morgan fingerprint density at radius 2 is 1.97 bits per heavy atom. The van der Waals surface area contributed by atoms with Gasteiger partial charge in [0.15, 0.2) is 5.78 Å². The largest absolute Gasteiger partial charge is 0.392 e. The lowest BCUT2D eigenvalue weighted by Gasteiger charge is -2.32. The zero-order valence-corrected chi connectivity index (χ0v) is 20.0. The van der Waals surface area contributed by atoms with Crippen molar-refractivity contribution in [2.75, 3.05) is 31.5 Å². The summed E-state index contributed by atoms with van der Waals surface area (Å²) < 4.78 is 0. The Balaban J connectivity index is 0.000000354. The Labute approximate surface area is 193 Å². The van der Waals surface area contributed by atoms with E-state index in [9.17, 15) is 14.7 Å². The van der Waals surface area contributed by atoms with Crippen molar-refractivity contribution in [2.24, 2.45) is 5.73 Å². The second kappa shape index (κ2) is 15.5. The summed E-state index contributed by atoms with van der Waals surface area (Å²) in [7, 11) is 0. The predicted molar refractivity (Wildman–Crippen MR) is 133 cm³/mol. The molecule has 178 valence electrons. The fourth-order valence-corrected chi connectivity index (χ4v) is 3.80. The third-order valence-corrected chi connectivity index (χ3v) is 5.35. The normalized spacial score (nSPS) is 16.3. The first-order valence-electron chi connectivity index (χ1n) is 11.5. The van der Waals surface area contributed by atoms with Crippen LogP contribution in [0.1, 0.15) is 57.1 Å². The molecule has 0 aromatic heterocycles. The number of allylic oxidation sites excluding steroid dienone is 2. The molecule has 4 N–H and O–H groups in total. The van der Waals surface area contributed by atoms with E-state index in [1.165, 1.54) is 5.57 Å². The first kappa shape index (κ1) is 27.8. The summed E-state index contributed by atoms with van der Waals surface area (Å²) >= 11 is 0. The molecule has 1 aromatic carbocycles. The molecule has 1 aromatic rings. The van der Waals surface area contributed by atoms with E-state index in [2.05, 4.69) is 22.9 Å². The maximum atomic E-state index is 11.1. The molecule has 0 bridgehead atoms. The minimum atomic E-state index is 0.0627. The fourth-order valence-electron chi connectivity index (χ4n) is 3.80. The minimum absolute atomic E-state index is 0.0627. The zero-order chi connectivity index (χ0) is 23.9. The summed E-state index contributed by atoms with van der Waals surface area (Å²) in [6.45, 7) is 12.1. The maximum absolute atomic E-state index is 11.1. The van der Waals surface area contributed by atoms with Crippen LogP contribution in [-0.2, 0) is 16.2 Å². The van der Waals surface area contributed by atoms with E-state index in [0.717, 1.165) is 55.6 Å². The molecule has 0 unspecified atom stereocenters. The van der Waals surface area contributed by atoms with E-state index in [0.29, 0.717) is 25.6 Å². The Kier molecular flexibility index (Phi) is 13.5. The molecule has 0 radical (unpaired) electrons. The van der Waals surface area contributed by atoms with Gasteiger partial charge in [0.05, 0.1) is 13.2 Å². The molecule has 1 aliphatic heterocycles. The molecule has 0 amide bonds. The summed E-state index contributed by atoms with van der Waals surface area (Å²) in [5.74, 6) is 0.496. The Bertz CT molecular complexity index is 766. The second-order valence-electron chi connectivity index (χ2n) is 8.43. The van der Waals surface area contributed by atoms with E-state index in [1.54, 1.807) is 19.1 Å². The number of carbonyl (C=O) groups excluding carboxylic acids is 2. The molecular weight excluding hydrogens is 402 g/mol. The van der Waals surface area contributed by atoms with Crippen LogP contribution in [0.4, 0.5) is 5.69 Å². The smallest absolute Gasteiger partial charge is 0.155 e. The number of Topliss-reactive ketones (excluding diaryl/α,β-unsaturated/α-hetero) is 1. The molecule has 1 aliphatic carbocycles. The molecule has 1 saturated heterocycles. The number of aryl methyl sites for hydroxylation is 1. The summed E-state index contributed by atoms with van der Waals surface area (Å²) in [5.41, 5.74) is 9.67. The van der Waals surface area contributed by atoms with E-state index in [4.69, 9.17) is 5.73 Å². The van der Waals surface area contributed by atoms with Crippen LogP contribution in [-0.4, -0.2) is 53.8 Å². The lowest BCUT2D eigenvalue weighted by atomic mass is 10.0. The summed E-state index contributed by atoms with van der Waals surface area (Å²) in [5, 5.41) is 13.0. The lowest BCUT2D eigenvalue weighted by molar-refractivity contribution is -0.118. The standard InChI is InChI=1S/C16H24N2O2.C7H11NO.C3H6/c1-12-3-4-16(14(9-12)11-19)17-15-5-7-18(8-6-15)10-13(2)20;8-4-3-6-1-2-7(9)5-6;1-3-2/h3-4,9,15,17,19H,5-8,10-11H2,1-2H3;5H,1-4,8H2;3H,1H2,2H3. The van der Waals surface area contributed by atoms with E-state index < -0.39 is 0 Å². The highest BCUT2D eigenvalue weighted by Crippen LogP contribution is 2.22. The number of piperidine rings is 1. The van der Waals surface area contributed by atoms with Gasteiger partial charge in [-0.1, -0.05) is 29.3 Å². The molecular formula is C26H41N3O3. The molecule has 0 atom stereocenters. The SMILES string of the molecule is C=CC.CC(=O)CN1CCC(Nc2ccc(C)cc2CO)CC1.NCCC1=CC(=O)CC1. The first-order chi connectivity index (χ1) is 15.3. The first-order valence-corrected chi connectivity index (χ1v) is 11.5. The number of nitrogens with zero attached hydrogens (tertiary/aromatic N) is 1. The van der Waals surface area contributed by atoms with Gasteiger partial charge >= 0.3 is 0 Å². The number of rotatable bonds is 7. The molecule has 32 heavy (non-hydrogen) atoms. The van der Waals surface area contributed by atoms with Crippen molar-refractivity contribution in [3.8, 4) is 0 Å². The highest BCUT2D eigenvalue weighted by Gasteiger charge is 2.20. The maximum Gasteiger partial charge on any atom is 0.155 e. The average Bonchev–Trinajstić information content (AvgIpc) is 3.16. The number of benzene rings is 1. The van der Waals surface area contributed by atoms with Crippen LogP contribution in [0.2, 0.25) is 0 Å². The van der Waals surface area contributed by atoms with Crippen LogP contribution in [0, 0.1) is 6.92 Å². The van der Waals surface area contributed by atoms with Gasteiger partial charge in [0.25, 0.3) is 0 Å². The monoisotopic (exact) mass is 443 g/mol. The van der Waals surface area contributed by atoms with Gasteiger partial charge in [0, 0.05) is 36.8 Å². The molecule has 2 aliphatic rings. The number of likely N-dealkylation sites (tertiary alicyclic amines) is 1. The number of ketones is 2. The number of hydrogen-bond acceptors (Lipinski definition) is 6. The zero-order valence-electron chi connectivity index (χ0n) is 20.0. The van der Waals surface area contributed by atoms with Crippen LogP contribution in [0.5, 0.6) is 0 Å². The number of aliphatic hydroxyl groups is 1. The Morgan fingerprint density at radius 3 is 2.47 bits per heavy atom. The van der Waals surface area contributed by atoms with Gasteiger partial charge in [0.2, 0.25) is 0 Å². The lowest BCUT2D eigenvalue weighted by Crippen LogP contribution is -2.41. The topological polar surface area (TPSA) is 95.7 Å². The van der Waals surface area contributed by atoms with Gasteiger partial charge in [-0.05, 0) is 65.1 Å². The number of aliphatic hydroxyl groups excluding tert-OH is 1. The third kappa shape index (κ3) is 10.8. The number of nitrogens with two attached hydrogens (primary N) is 1. The van der Waals surface area contributed by atoms with Crippen molar-refractivity contribution in [3.05, 3.63) is 53.6 Å². The van der Waals surface area contributed by atoms with E-state index in [1.807, 2.05) is 26.0 Å². The molecule has 6 nitrogen and oxygen atoms in total. The van der Waals surface area contributed by atoms with Gasteiger partial charge in [0.1, 0.15) is 5.78 Å². The summed E-state index contributed by atoms with van der Waals surface area (Å²) in [6, 6.07) is 6.55. The van der Waals surface area contributed by atoms with Gasteiger partial charge < -0.3 is 16.2 Å². The van der Waals surface area contributed by atoms with Crippen molar-refractivity contribution in [3.63, 3.8) is 0 Å². The number of anilines is 1.